The van der Waals surface area contributed by atoms with Gasteiger partial charge in [-0.25, -0.2) is 0 Å². The zero-order valence-corrected chi connectivity index (χ0v) is 10.6. The molecule has 0 aromatic carbocycles. The summed E-state index contributed by atoms with van der Waals surface area (Å²) < 4.78 is 5.27. The Morgan fingerprint density at radius 1 is 1.36 bits per heavy atom. The van der Waals surface area contributed by atoms with Crippen molar-refractivity contribution in [2.24, 2.45) is 5.73 Å². The lowest BCUT2D eigenvalue weighted by Gasteiger charge is -2.26. The number of carbonyl (C=O) groups excluding carboxylic acids is 1. The molecule has 0 aromatic heterocycles. The van der Waals surface area contributed by atoms with Gasteiger partial charge in [0.1, 0.15) is 0 Å². The highest BCUT2D eigenvalue weighted by Gasteiger charge is 2.17. The van der Waals surface area contributed by atoms with E-state index in [2.05, 4.69) is 4.74 Å². The van der Waals surface area contributed by atoms with Crippen LogP contribution in [0.1, 0.15) is 6.42 Å². The number of esters is 1. The van der Waals surface area contributed by atoms with E-state index in [1.54, 1.807) is 0 Å². The minimum absolute atomic E-state index is 0. The number of halogens is 2. The van der Waals surface area contributed by atoms with Gasteiger partial charge in [0.15, 0.2) is 0 Å². The SMILES string of the molecule is COC(=O)C[C@@H](N)C[N+](C)(C)C.[Cl-].[Cl-]. The molecule has 0 aliphatic carbocycles. The number of quaternary nitrogens is 1. The first-order valence-corrected chi connectivity index (χ1v) is 3.98. The van der Waals surface area contributed by atoms with Crippen LogP contribution < -0.4 is 30.5 Å². The molecule has 0 saturated heterocycles. The molecule has 0 aliphatic heterocycles. The second-order valence-corrected chi connectivity index (χ2v) is 4.01. The Morgan fingerprint density at radius 3 is 2.07 bits per heavy atom. The fourth-order valence-corrected chi connectivity index (χ4v) is 1.07. The highest BCUT2D eigenvalue weighted by atomic mass is 35.5. The molecule has 0 fully saturated rings. The summed E-state index contributed by atoms with van der Waals surface area (Å²) in [5, 5.41) is 0. The maximum atomic E-state index is 10.8. The average molecular weight is 246 g/mol. The second-order valence-electron chi connectivity index (χ2n) is 4.01. The van der Waals surface area contributed by atoms with Crippen LogP contribution in [-0.4, -0.2) is 51.3 Å². The molecule has 0 radical (unpaired) electrons. The number of ether oxygens (including phenoxy) is 1. The molecule has 0 spiro atoms. The van der Waals surface area contributed by atoms with Gasteiger partial charge in [-0.2, -0.15) is 0 Å². The summed E-state index contributed by atoms with van der Waals surface area (Å²) in [5.74, 6) is -0.240. The molecule has 88 valence electrons. The first-order valence-electron chi connectivity index (χ1n) is 3.98. The van der Waals surface area contributed by atoms with E-state index in [9.17, 15) is 4.79 Å². The standard InChI is InChI=1S/C8H19N2O2.2ClH/c1-10(2,3)6-7(9)5-8(11)12-4;;/h7H,5-6,9H2,1-4H3;2*1H/q+1;;/p-2/t7-;;/m1../s1. The molecule has 1 atom stereocenters. The van der Waals surface area contributed by atoms with Crippen molar-refractivity contribution in [1.29, 1.82) is 0 Å². The number of likely N-dealkylation sites (N-methyl/N-ethyl adjacent to an activating group) is 1. The molecular weight excluding hydrogens is 227 g/mol. The molecule has 2 N–H and O–H groups in total. The van der Waals surface area contributed by atoms with E-state index in [-0.39, 0.29) is 36.8 Å². The van der Waals surface area contributed by atoms with Crippen LogP contribution in [0, 0.1) is 0 Å². The zero-order chi connectivity index (χ0) is 9.78. The lowest BCUT2D eigenvalue weighted by atomic mass is 10.2. The quantitative estimate of drug-likeness (QED) is 0.396. The summed E-state index contributed by atoms with van der Waals surface area (Å²) in [4.78, 5) is 10.8. The molecule has 0 saturated carbocycles. The van der Waals surface area contributed by atoms with Gasteiger partial charge in [0.2, 0.25) is 0 Å². The molecular formula is C8H19Cl2N2O2-. The molecule has 4 nitrogen and oxygen atoms in total. The van der Waals surface area contributed by atoms with Gasteiger partial charge in [-0.3, -0.25) is 4.79 Å². The maximum absolute atomic E-state index is 10.8. The van der Waals surface area contributed by atoms with Crippen LogP contribution in [0.5, 0.6) is 0 Å². The average Bonchev–Trinajstić information content (AvgIpc) is 1.82. The Morgan fingerprint density at radius 2 is 1.79 bits per heavy atom. The number of nitrogens with two attached hydrogens (primary N) is 1. The molecule has 6 heteroatoms. The Labute approximate surface area is 98.2 Å². The van der Waals surface area contributed by atoms with E-state index in [0.29, 0.717) is 6.42 Å². The van der Waals surface area contributed by atoms with E-state index >= 15 is 0 Å². The largest absolute Gasteiger partial charge is 1.00 e. The minimum atomic E-state index is -0.240. The molecule has 0 unspecified atom stereocenters. The van der Waals surface area contributed by atoms with Crippen molar-refractivity contribution >= 4 is 5.97 Å². The van der Waals surface area contributed by atoms with Crippen molar-refractivity contribution in [3.8, 4) is 0 Å². The predicted octanol–water partition coefficient (Wildman–Crippen LogP) is -6.41. The Kier molecular flexibility index (Phi) is 11.6. The number of rotatable bonds is 4. The molecule has 14 heavy (non-hydrogen) atoms. The first-order chi connectivity index (χ1) is 5.35. The fraction of sp³-hybridized carbons (Fsp3) is 0.875. The molecule has 0 rings (SSSR count). The van der Waals surface area contributed by atoms with E-state index in [1.165, 1.54) is 7.11 Å². The highest BCUT2D eigenvalue weighted by molar-refractivity contribution is 5.69. The van der Waals surface area contributed by atoms with Crippen molar-refractivity contribution in [2.45, 2.75) is 12.5 Å². The van der Waals surface area contributed by atoms with E-state index in [4.69, 9.17) is 5.73 Å². The third-order valence-electron chi connectivity index (χ3n) is 1.44. The van der Waals surface area contributed by atoms with Gasteiger partial charge in [-0.1, -0.05) is 0 Å². The Hall–Kier alpha value is -0.0300. The monoisotopic (exact) mass is 245 g/mol. The van der Waals surface area contributed by atoms with Crippen LogP contribution in [-0.2, 0) is 9.53 Å². The van der Waals surface area contributed by atoms with Crippen LogP contribution in [0.3, 0.4) is 0 Å². The lowest BCUT2D eigenvalue weighted by Crippen LogP contribution is -3.00. The summed E-state index contributed by atoms with van der Waals surface area (Å²) in [7, 11) is 7.49. The van der Waals surface area contributed by atoms with Gasteiger partial charge in [0, 0.05) is 0 Å². The van der Waals surface area contributed by atoms with Gasteiger partial charge in [0.25, 0.3) is 0 Å². The van der Waals surface area contributed by atoms with Gasteiger partial charge < -0.3 is 39.8 Å². The van der Waals surface area contributed by atoms with Crippen molar-refractivity contribution in [3.05, 3.63) is 0 Å². The first kappa shape index (κ1) is 19.5. The normalized spacial score (nSPS) is 12.1. The lowest BCUT2D eigenvalue weighted by molar-refractivity contribution is -0.871. The smallest absolute Gasteiger partial charge is 0.307 e. The van der Waals surface area contributed by atoms with Crippen LogP contribution in [0.25, 0.3) is 0 Å². The highest BCUT2D eigenvalue weighted by Crippen LogP contribution is 1.97. The van der Waals surface area contributed by atoms with E-state index in [1.807, 2.05) is 21.1 Å². The Bertz CT molecular complexity index is 160. The van der Waals surface area contributed by atoms with Crippen molar-refractivity contribution in [3.63, 3.8) is 0 Å². The molecule has 0 heterocycles. The van der Waals surface area contributed by atoms with Crippen molar-refractivity contribution in [1.82, 2.24) is 0 Å². The summed E-state index contributed by atoms with van der Waals surface area (Å²) in [6.07, 6.45) is 0.298. The number of carbonyl (C=O) groups is 1. The molecule has 0 aliphatic rings. The third-order valence-corrected chi connectivity index (χ3v) is 1.44. The Balaban J connectivity index is -0.000000605. The van der Waals surface area contributed by atoms with Crippen LogP contribution in [0.4, 0.5) is 0 Å². The summed E-state index contributed by atoms with van der Waals surface area (Å²) in [6, 6.07) is -0.113. The topological polar surface area (TPSA) is 52.3 Å². The molecule has 0 aromatic rings. The summed E-state index contributed by atoms with van der Waals surface area (Å²) >= 11 is 0. The van der Waals surface area contributed by atoms with Gasteiger partial charge in [-0.05, 0) is 0 Å². The summed E-state index contributed by atoms with van der Waals surface area (Å²) in [5.41, 5.74) is 5.72. The van der Waals surface area contributed by atoms with Gasteiger partial charge in [0.05, 0.1) is 47.3 Å². The van der Waals surface area contributed by atoms with Gasteiger partial charge >= 0.3 is 5.97 Å². The summed E-state index contributed by atoms with van der Waals surface area (Å²) in [6.45, 7) is 0.773. The number of hydrogen-bond acceptors (Lipinski definition) is 3. The molecule has 0 amide bonds. The van der Waals surface area contributed by atoms with E-state index in [0.717, 1.165) is 11.0 Å². The number of methoxy groups -OCH3 is 1. The molecule has 0 bridgehead atoms. The maximum Gasteiger partial charge on any atom is 0.307 e. The third kappa shape index (κ3) is 12.0. The predicted molar refractivity (Wildman–Crippen MR) is 47.5 cm³/mol. The number of nitrogens with zero attached hydrogens (tertiary/aromatic N) is 1. The zero-order valence-electron chi connectivity index (χ0n) is 9.09. The van der Waals surface area contributed by atoms with Crippen LogP contribution in [0.15, 0.2) is 0 Å². The van der Waals surface area contributed by atoms with Gasteiger partial charge in [-0.15, -0.1) is 0 Å². The second kappa shape index (κ2) is 8.29. The number of hydrogen-bond donors (Lipinski definition) is 1. The fourth-order valence-electron chi connectivity index (χ4n) is 1.07. The van der Waals surface area contributed by atoms with Crippen LogP contribution in [0.2, 0.25) is 0 Å². The van der Waals surface area contributed by atoms with Crippen molar-refractivity contribution in [2.75, 3.05) is 34.8 Å². The minimum Gasteiger partial charge on any atom is -1.00 e. The van der Waals surface area contributed by atoms with E-state index < -0.39 is 0 Å². The van der Waals surface area contributed by atoms with Crippen LogP contribution >= 0.6 is 0 Å². The van der Waals surface area contributed by atoms with Crippen molar-refractivity contribution < 1.29 is 38.8 Å².